The van der Waals surface area contributed by atoms with Gasteiger partial charge in [0.05, 0.1) is 67.1 Å². The molecule has 10 saturated heterocycles. The lowest BCUT2D eigenvalue weighted by atomic mass is 9.81. The number of Topliss-reactive ketones (excluding diaryl/α,β-unsaturated/α-hetero) is 1. The Kier molecular flexibility index (Phi) is 10.5. The highest BCUT2D eigenvalue weighted by molar-refractivity contribution is 5.79. The van der Waals surface area contributed by atoms with Gasteiger partial charge >= 0.3 is 0 Å². The van der Waals surface area contributed by atoms with Gasteiger partial charge in [-0.1, -0.05) is 20.1 Å². The third-order valence-electron chi connectivity index (χ3n) is 14.3. The van der Waals surface area contributed by atoms with Crippen molar-refractivity contribution in [3.05, 3.63) is 24.3 Å². The van der Waals surface area contributed by atoms with Crippen LogP contribution in [-0.4, -0.2) is 128 Å². The van der Waals surface area contributed by atoms with E-state index >= 15 is 0 Å². The monoisotopic (exact) mass is 743 g/mol. The van der Waals surface area contributed by atoms with Crippen molar-refractivity contribution in [1.82, 2.24) is 0 Å². The zero-order chi connectivity index (χ0) is 36.6. The van der Waals surface area contributed by atoms with Crippen LogP contribution in [0.5, 0.6) is 0 Å². The number of hydrogen-bond acceptors (Lipinski definition) is 12. The van der Waals surface area contributed by atoms with E-state index in [1.54, 1.807) is 7.11 Å². The van der Waals surface area contributed by atoms with Crippen molar-refractivity contribution < 1.29 is 52.5 Å². The summed E-state index contributed by atoms with van der Waals surface area (Å²) in [5.41, 5.74) is 7.96. The van der Waals surface area contributed by atoms with E-state index in [2.05, 4.69) is 20.1 Å². The molecular formula is C41H61NO11. The van der Waals surface area contributed by atoms with Crippen LogP contribution in [0.2, 0.25) is 0 Å². The number of hydrogen-bond donors (Lipinski definition) is 2. The van der Waals surface area contributed by atoms with Crippen LogP contribution >= 0.6 is 0 Å². The topological polar surface area (TPSA) is 146 Å². The third-order valence-corrected chi connectivity index (χ3v) is 14.3. The van der Waals surface area contributed by atoms with Crippen molar-refractivity contribution >= 4 is 5.78 Å². The zero-order valence-electron chi connectivity index (χ0n) is 31.5. The SMILES string of the molecule is C=C1CC2CC[C@@]34C[C@H]5OC6[C@@H](OC7CCC(CC(=O)CC8[C@@H](OC)C(CCC(O)CN)O[C@H]8CC8OC(CCC1O2)C[C@@H](C)C8=C)O[C@@H]7[C@@H]6O3)C5O4. The predicted octanol–water partition coefficient (Wildman–Crippen LogP) is 3.83. The van der Waals surface area contributed by atoms with Crippen molar-refractivity contribution in [2.45, 2.75) is 200 Å². The fourth-order valence-electron chi connectivity index (χ4n) is 11.4. The lowest BCUT2D eigenvalue weighted by molar-refractivity contribution is -0.292. The van der Waals surface area contributed by atoms with E-state index < -0.39 is 11.9 Å². The highest BCUT2D eigenvalue weighted by atomic mass is 16.8. The maximum atomic E-state index is 14.1. The molecule has 12 bridgehead atoms. The number of carbonyl (C=O) groups excluding carboxylic acids is 1. The fraction of sp³-hybridized carbons (Fsp3) is 0.878. The molecule has 0 saturated carbocycles. The number of aliphatic hydroxyl groups is 1. The molecule has 19 atom stereocenters. The second-order valence-electron chi connectivity index (χ2n) is 17.8. The number of aliphatic hydroxyl groups excluding tert-OH is 1. The summed E-state index contributed by atoms with van der Waals surface area (Å²) >= 11 is 0. The molecule has 296 valence electrons. The lowest BCUT2D eigenvalue weighted by Gasteiger charge is -2.47. The number of carbonyl (C=O) groups is 1. The summed E-state index contributed by atoms with van der Waals surface area (Å²) < 4.78 is 60.2. The van der Waals surface area contributed by atoms with Crippen LogP contribution in [0, 0.1) is 11.8 Å². The molecule has 10 rings (SSSR count). The highest BCUT2D eigenvalue weighted by Crippen LogP contribution is 2.54. The van der Waals surface area contributed by atoms with Crippen LogP contribution in [0.4, 0.5) is 0 Å². The van der Waals surface area contributed by atoms with E-state index in [1.807, 2.05) is 0 Å². The molecule has 0 aromatic rings. The van der Waals surface area contributed by atoms with Crippen molar-refractivity contribution in [2.24, 2.45) is 17.6 Å². The van der Waals surface area contributed by atoms with Gasteiger partial charge in [0, 0.05) is 51.7 Å². The molecule has 3 N–H and O–H groups in total. The summed E-state index contributed by atoms with van der Waals surface area (Å²) in [5.74, 6) is -0.544. The van der Waals surface area contributed by atoms with Gasteiger partial charge in [0.1, 0.15) is 36.3 Å². The van der Waals surface area contributed by atoms with Crippen LogP contribution in [0.1, 0.15) is 96.8 Å². The van der Waals surface area contributed by atoms with Gasteiger partial charge in [-0.25, -0.2) is 0 Å². The first kappa shape index (κ1) is 37.3. The molecule has 12 nitrogen and oxygen atoms in total. The number of fused-ring (bicyclic) bond motifs is 6. The molecule has 10 aliphatic rings. The Labute approximate surface area is 313 Å². The molecule has 12 heteroatoms. The quantitative estimate of drug-likeness (QED) is 0.395. The minimum atomic E-state index is -0.777. The molecule has 0 aromatic heterocycles. The Morgan fingerprint density at radius 1 is 0.811 bits per heavy atom. The normalized spacial score (nSPS) is 51.6. The van der Waals surface area contributed by atoms with Gasteiger partial charge in [-0.15, -0.1) is 0 Å². The van der Waals surface area contributed by atoms with E-state index in [9.17, 15) is 9.90 Å². The van der Waals surface area contributed by atoms with E-state index in [1.165, 1.54) is 0 Å². The van der Waals surface area contributed by atoms with E-state index in [0.29, 0.717) is 50.9 Å². The molecule has 53 heavy (non-hydrogen) atoms. The van der Waals surface area contributed by atoms with Gasteiger partial charge in [-0.3, -0.25) is 4.79 Å². The molecule has 10 aliphatic heterocycles. The average Bonchev–Trinajstić information content (AvgIpc) is 3.82. The van der Waals surface area contributed by atoms with Crippen molar-refractivity contribution in [1.29, 1.82) is 0 Å². The fourth-order valence-corrected chi connectivity index (χ4v) is 11.4. The number of nitrogens with two attached hydrogens (primary N) is 1. The molecule has 0 amide bonds. The number of ketones is 1. The lowest BCUT2D eigenvalue weighted by Crippen LogP contribution is -2.61. The predicted molar refractivity (Wildman–Crippen MR) is 191 cm³/mol. The summed E-state index contributed by atoms with van der Waals surface area (Å²) in [5, 5.41) is 10.3. The van der Waals surface area contributed by atoms with Gasteiger partial charge in [0.2, 0.25) is 0 Å². The number of rotatable bonds is 5. The molecule has 1 spiro atoms. The van der Waals surface area contributed by atoms with E-state index in [0.717, 1.165) is 56.1 Å². The second-order valence-corrected chi connectivity index (χ2v) is 17.8. The Hall–Kier alpha value is -1.29. The standard InChI is InChI=1S/C41H61NO11/c1-20-13-25-6-9-29-21(2)14-27(46-29)11-12-41-18-34-37(52-41)38-39(51-34)40(53-41)36-31(50-38)10-7-26(48-36)15-24(44)16-28-33(17-32(47-25)22(20)3)49-30(35(28)45-4)8-5-23(43)19-42/h20,23,25-40,43H,2-3,5-19,42H2,1,4H3/t20-,23?,25?,26?,27?,28?,29?,30?,31?,32?,33+,34-,35-,36+,37?,38+,39?,40+,41+/m1/s1. The van der Waals surface area contributed by atoms with Crippen molar-refractivity contribution in [2.75, 3.05) is 13.7 Å². The molecule has 10 fully saturated rings. The van der Waals surface area contributed by atoms with E-state index in [4.69, 9.17) is 48.4 Å². The number of ether oxygens (including phenoxy) is 9. The van der Waals surface area contributed by atoms with E-state index in [-0.39, 0.29) is 110 Å². The smallest absolute Gasteiger partial charge is 0.172 e. The van der Waals surface area contributed by atoms with Crippen LogP contribution in [0.25, 0.3) is 0 Å². The first-order valence-electron chi connectivity index (χ1n) is 20.7. The summed E-state index contributed by atoms with van der Waals surface area (Å²) in [6, 6.07) is 0. The van der Waals surface area contributed by atoms with Gasteiger partial charge in [0.15, 0.2) is 5.79 Å². The Bertz CT molecular complexity index is 1400. The highest BCUT2D eigenvalue weighted by Gasteiger charge is 2.68. The Morgan fingerprint density at radius 3 is 2.40 bits per heavy atom. The first-order chi connectivity index (χ1) is 25.6. The van der Waals surface area contributed by atoms with Gasteiger partial charge in [0.25, 0.3) is 0 Å². The molecule has 0 aromatic carbocycles. The average molecular weight is 744 g/mol. The molecule has 11 unspecified atom stereocenters. The van der Waals surface area contributed by atoms with Gasteiger partial charge in [-0.2, -0.15) is 0 Å². The Morgan fingerprint density at radius 2 is 1.57 bits per heavy atom. The molecule has 0 aliphatic carbocycles. The third kappa shape index (κ3) is 7.04. The van der Waals surface area contributed by atoms with Gasteiger partial charge < -0.3 is 53.5 Å². The summed E-state index contributed by atoms with van der Waals surface area (Å²) in [6.45, 7) is 11.4. The van der Waals surface area contributed by atoms with Crippen LogP contribution in [0.15, 0.2) is 24.3 Å². The maximum absolute atomic E-state index is 14.1. The van der Waals surface area contributed by atoms with Crippen molar-refractivity contribution in [3.63, 3.8) is 0 Å². The maximum Gasteiger partial charge on any atom is 0.172 e. The first-order valence-corrected chi connectivity index (χ1v) is 20.7. The summed E-state index contributed by atoms with van der Waals surface area (Å²) in [6.07, 6.45) is 6.14. The minimum absolute atomic E-state index is 0.0112. The van der Waals surface area contributed by atoms with Crippen LogP contribution in [0.3, 0.4) is 0 Å². The van der Waals surface area contributed by atoms with Crippen molar-refractivity contribution in [3.8, 4) is 0 Å². The molecular weight excluding hydrogens is 682 g/mol. The Balaban J connectivity index is 0.986. The van der Waals surface area contributed by atoms with Crippen LogP contribution < -0.4 is 5.73 Å². The minimum Gasteiger partial charge on any atom is -0.392 e. The number of methoxy groups -OCH3 is 1. The largest absolute Gasteiger partial charge is 0.392 e. The molecule has 10 heterocycles. The summed E-state index contributed by atoms with van der Waals surface area (Å²) in [4.78, 5) is 14.1. The molecule has 0 radical (unpaired) electrons. The zero-order valence-corrected chi connectivity index (χ0v) is 31.5. The van der Waals surface area contributed by atoms with Crippen LogP contribution in [-0.2, 0) is 47.4 Å². The van der Waals surface area contributed by atoms with Gasteiger partial charge in [-0.05, 0) is 74.9 Å². The summed E-state index contributed by atoms with van der Waals surface area (Å²) in [7, 11) is 1.69. The second kappa shape index (κ2) is 14.9.